The molecule has 17 heteroatoms. The smallest absolute Gasteiger partial charge is 0.293 e. The molecule has 3 aromatic carbocycles. The Morgan fingerprint density at radius 2 is 1.83 bits per heavy atom. The van der Waals surface area contributed by atoms with Crippen molar-refractivity contribution in [2.45, 2.75) is 57.0 Å². The third-order valence-electron chi connectivity index (χ3n) is 12.6. The van der Waals surface area contributed by atoms with Gasteiger partial charge in [-0.2, -0.15) is 4.98 Å². The molecule has 65 heavy (non-hydrogen) atoms. The third kappa shape index (κ3) is 9.92. The number of nitrogens with zero attached hydrogens (tertiary/aromatic N) is 4. The van der Waals surface area contributed by atoms with E-state index in [1.807, 2.05) is 41.3 Å². The number of hydrogen-bond acceptors (Lipinski definition) is 12. The van der Waals surface area contributed by atoms with Gasteiger partial charge in [0.25, 0.3) is 21.6 Å². The van der Waals surface area contributed by atoms with Gasteiger partial charge in [0.15, 0.2) is 0 Å². The van der Waals surface area contributed by atoms with Gasteiger partial charge in [-0.05, 0) is 108 Å². The minimum absolute atomic E-state index is 0.0988. The molecule has 1 atom stereocenters. The molecule has 3 N–H and O–H groups in total. The van der Waals surface area contributed by atoms with Crippen LogP contribution in [0.4, 0.5) is 22.7 Å². The number of sulfonamides is 1. The number of hydrogen-bond donors (Lipinski definition) is 3. The van der Waals surface area contributed by atoms with Gasteiger partial charge in [0.05, 0.1) is 53.6 Å². The molecule has 5 aromatic rings. The molecule has 1 saturated heterocycles. The maximum Gasteiger partial charge on any atom is 0.293 e. The number of nitrogens with one attached hydrogen (secondary N) is 3. The number of fused-ring (bicyclic) bond motifs is 2. The highest BCUT2D eigenvalue weighted by molar-refractivity contribution is 7.90. The number of allylic oxidation sites excluding steroid dienone is 1. The van der Waals surface area contributed by atoms with Gasteiger partial charge in [-0.25, -0.2) is 13.1 Å². The molecule has 340 valence electrons. The van der Waals surface area contributed by atoms with Crippen molar-refractivity contribution in [1.29, 1.82) is 0 Å². The Bertz CT molecular complexity index is 2800. The van der Waals surface area contributed by atoms with Gasteiger partial charge in [-0.15, -0.1) is 0 Å². The summed E-state index contributed by atoms with van der Waals surface area (Å²) in [6, 6.07) is 21.0. The van der Waals surface area contributed by atoms with Crippen LogP contribution < -0.4 is 19.7 Å². The molecule has 1 unspecified atom stereocenters. The van der Waals surface area contributed by atoms with Crippen molar-refractivity contribution < 1.29 is 32.3 Å². The van der Waals surface area contributed by atoms with E-state index >= 15 is 0 Å². The molecule has 0 saturated carbocycles. The number of benzene rings is 3. The average Bonchev–Trinajstić information content (AvgIpc) is 3.66. The van der Waals surface area contributed by atoms with Gasteiger partial charge >= 0.3 is 0 Å². The highest BCUT2D eigenvalue weighted by Gasteiger charge is 2.31. The lowest BCUT2D eigenvalue weighted by Gasteiger charge is -2.36. The summed E-state index contributed by atoms with van der Waals surface area (Å²) in [6.07, 6.45) is 8.26. The molecule has 0 radical (unpaired) electrons. The number of aromatic nitrogens is 2. The summed E-state index contributed by atoms with van der Waals surface area (Å²) in [5.41, 5.74) is 7.85. The second-order valence-corrected chi connectivity index (χ2v) is 19.9. The number of H-pyrrole nitrogens is 1. The van der Waals surface area contributed by atoms with Crippen LogP contribution in [0.5, 0.6) is 5.88 Å². The van der Waals surface area contributed by atoms with Crippen molar-refractivity contribution in [1.82, 2.24) is 19.6 Å². The minimum atomic E-state index is -4.59. The normalized spacial score (nSPS) is 19.2. The Morgan fingerprint density at radius 1 is 1.00 bits per heavy atom. The number of nitro benzene ring substituents is 1. The number of rotatable bonds is 12. The Balaban J connectivity index is 1.01. The van der Waals surface area contributed by atoms with E-state index in [0.29, 0.717) is 62.3 Å². The standard InChI is InChI=1S/C48H52ClN7O8S/c1-48(2)16-12-35(40(27-48)32-4-7-36(49)8-5-32)29-54-19-14-31(15-20-54)33-6-10-39(42(24-33)55-18-3-21-64-47-44(55)25-34-13-17-50-45(34)52-47)46(57)53-65(60,61)38-9-11-41(43(26-38)56(58)59)51-28-37-30-62-22-23-63-37/h4-11,13-14,17,24-26,37,51H,3,12,15-16,18-23,27-30H2,1-2H3,(H,50,52)(H,53,57). The second kappa shape index (κ2) is 18.6. The van der Waals surface area contributed by atoms with E-state index in [4.69, 9.17) is 30.8 Å². The molecule has 15 nitrogen and oxygen atoms in total. The van der Waals surface area contributed by atoms with E-state index in [2.05, 4.69) is 52.0 Å². The summed E-state index contributed by atoms with van der Waals surface area (Å²) in [7, 11) is -4.59. The summed E-state index contributed by atoms with van der Waals surface area (Å²) in [5, 5.41) is 16.7. The lowest BCUT2D eigenvalue weighted by molar-refractivity contribution is -0.384. The van der Waals surface area contributed by atoms with Gasteiger partial charge in [-0.1, -0.05) is 55.3 Å². The van der Waals surface area contributed by atoms with Gasteiger partial charge < -0.3 is 29.4 Å². The predicted molar refractivity (Wildman–Crippen MR) is 251 cm³/mol. The van der Waals surface area contributed by atoms with Crippen LogP contribution in [0, 0.1) is 15.5 Å². The fourth-order valence-corrected chi connectivity index (χ4v) is 10.2. The average molecular weight is 923 g/mol. The number of carbonyl (C=O) groups excluding carboxylic acids is 1. The molecule has 9 rings (SSSR count). The van der Waals surface area contributed by atoms with E-state index < -0.39 is 31.4 Å². The third-order valence-corrected chi connectivity index (χ3v) is 14.2. The van der Waals surface area contributed by atoms with E-state index in [1.54, 1.807) is 12.3 Å². The van der Waals surface area contributed by atoms with Crippen LogP contribution in [0.2, 0.25) is 5.02 Å². The van der Waals surface area contributed by atoms with Crippen LogP contribution in [-0.2, 0) is 19.5 Å². The minimum Gasteiger partial charge on any atom is -0.476 e. The van der Waals surface area contributed by atoms with Gasteiger partial charge in [-0.3, -0.25) is 19.8 Å². The zero-order chi connectivity index (χ0) is 45.3. The van der Waals surface area contributed by atoms with Crippen LogP contribution in [-0.4, -0.2) is 99.4 Å². The highest BCUT2D eigenvalue weighted by Crippen LogP contribution is 2.44. The van der Waals surface area contributed by atoms with Crippen molar-refractivity contribution in [3.63, 3.8) is 0 Å². The van der Waals surface area contributed by atoms with E-state index in [9.17, 15) is 23.3 Å². The largest absolute Gasteiger partial charge is 0.476 e. The number of amides is 1. The molecular formula is C48H52ClN7O8S. The summed E-state index contributed by atoms with van der Waals surface area (Å²) < 4.78 is 47.2. The van der Waals surface area contributed by atoms with E-state index in [1.165, 1.54) is 28.8 Å². The van der Waals surface area contributed by atoms with E-state index in [0.717, 1.165) is 72.9 Å². The molecule has 2 aromatic heterocycles. The van der Waals surface area contributed by atoms with Crippen LogP contribution >= 0.6 is 11.6 Å². The second-order valence-electron chi connectivity index (χ2n) is 17.8. The lowest BCUT2D eigenvalue weighted by atomic mass is 9.72. The van der Waals surface area contributed by atoms with Gasteiger partial charge in [0, 0.05) is 55.4 Å². The van der Waals surface area contributed by atoms with E-state index in [-0.39, 0.29) is 29.3 Å². The first kappa shape index (κ1) is 44.4. The van der Waals surface area contributed by atoms with Gasteiger partial charge in [0.2, 0.25) is 5.88 Å². The zero-order valence-corrected chi connectivity index (χ0v) is 38.0. The number of halogens is 1. The van der Waals surface area contributed by atoms with Crippen molar-refractivity contribution in [3.05, 3.63) is 122 Å². The maximum absolute atomic E-state index is 14.4. The Hall–Kier alpha value is -5.78. The number of pyridine rings is 1. The fraction of sp³-hybridized carbons (Fsp3) is 0.375. The van der Waals surface area contributed by atoms with Crippen molar-refractivity contribution in [2.24, 2.45) is 5.41 Å². The Kier molecular flexibility index (Phi) is 12.7. The number of carbonyl (C=O) groups is 1. The first-order chi connectivity index (χ1) is 31.3. The molecule has 4 aliphatic rings. The first-order valence-electron chi connectivity index (χ1n) is 22.0. The molecule has 1 aliphatic carbocycles. The lowest BCUT2D eigenvalue weighted by Crippen LogP contribution is -2.34. The number of ether oxygens (including phenoxy) is 3. The molecule has 1 amide bonds. The quantitative estimate of drug-likeness (QED) is 0.0801. The molecular weight excluding hydrogens is 870 g/mol. The Labute approximate surface area is 383 Å². The topological polar surface area (TPSA) is 181 Å². The fourth-order valence-electron chi connectivity index (χ4n) is 9.11. The highest BCUT2D eigenvalue weighted by atomic mass is 35.5. The molecule has 0 bridgehead atoms. The SMILES string of the molecule is CC1(C)CCC(CN2CC=C(c3ccc(C(=O)NS(=O)(=O)c4ccc(NCC5COCCO5)c([N+](=O)[O-])c4)c(N4CCCOc5nc6[nH]ccc6cc54)c3)CC2)=C(c2ccc(Cl)cc2)C1. The van der Waals surface area contributed by atoms with Crippen LogP contribution in [0.25, 0.3) is 22.2 Å². The van der Waals surface area contributed by atoms with Gasteiger partial charge in [0.1, 0.15) is 17.0 Å². The molecule has 5 heterocycles. The summed E-state index contributed by atoms with van der Waals surface area (Å²) in [5.74, 6) is -0.506. The summed E-state index contributed by atoms with van der Waals surface area (Å²) in [4.78, 5) is 37.7. The van der Waals surface area contributed by atoms with Crippen LogP contribution in [0.1, 0.15) is 67.4 Å². The summed E-state index contributed by atoms with van der Waals surface area (Å²) >= 11 is 6.27. The predicted octanol–water partition coefficient (Wildman–Crippen LogP) is 8.74. The van der Waals surface area contributed by atoms with Crippen molar-refractivity contribution in [3.8, 4) is 5.88 Å². The zero-order valence-electron chi connectivity index (χ0n) is 36.4. The maximum atomic E-state index is 14.4. The first-order valence-corrected chi connectivity index (χ1v) is 23.9. The van der Waals surface area contributed by atoms with Crippen LogP contribution in [0.15, 0.2) is 95.5 Å². The van der Waals surface area contributed by atoms with Crippen LogP contribution in [0.3, 0.4) is 0 Å². The monoisotopic (exact) mass is 921 g/mol. The molecule has 3 aliphatic heterocycles. The number of nitro groups is 1. The van der Waals surface area contributed by atoms with Crippen molar-refractivity contribution >= 4 is 72.5 Å². The number of anilines is 3. The number of aromatic amines is 1. The Morgan fingerprint density at radius 3 is 2.60 bits per heavy atom. The molecule has 1 fully saturated rings. The van der Waals surface area contributed by atoms with Crippen molar-refractivity contribution in [2.75, 3.05) is 69.4 Å². The summed E-state index contributed by atoms with van der Waals surface area (Å²) in [6.45, 7) is 9.38. The molecule has 0 spiro atoms.